The van der Waals surface area contributed by atoms with Gasteiger partial charge in [0.05, 0.1) is 0 Å². The molecule has 0 spiro atoms. The van der Waals surface area contributed by atoms with Crippen LogP contribution in [0.4, 0.5) is 4.79 Å². The van der Waals surface area contributed by atoms with Gasteiger partial charge in [-0.05, 0) is 0 Å². The predicted octanol–water partition coefficient (Wildman–Crippen LogP) is 6.70. The van der Waals surface area contributed by atoms with Crippen LogP contribution >= 0.6 is 0 Å². The molecule has 21 heavy (non-hydrogen) atoms. The second-order valence-corrected chi connectivity index (χ2v) is 3.70. The van der Waals surface area contributed by atoms with Crippen molar-refractivity contribution in [2.75, 3.05) is 0 Å². The maximum atomic E-state index is 8.56. The van der Waals surface area contributed by atoms with Crippen LogP contribution in [0.1, 0.15) is 79.1 Å². The molecule has 0 aliphatic heterocycles. The first-order valence-corrected chi connectivity index (χ1v) is 7.48. The molecule has 0 bridgehead atoms. The Morgan fingerprint density at radius 3 is 0.714 bits per heavy atom. The molecule has 2 N–H and O–H groups in total. The summed E-state index contributed by atoms with van der Waals surface area (Å²) >= 11 is 0. The molecule has 0 unspecified atom stereocenters. The Labute approximate surface area is 154 Å². The minimum absolute atomic E-state index is 0. The van der Waals surface area contributed by atoms with E-state index in [2.05, 4.69) is 55.4 Å². The number of hydrogen-bond acceptors (Lipinski definition) is 1. The first kappa shape index (κ1) is 37.4. The van der Waals surface area contributed by atoms with Crippen molar-refractivity contribution in [3.63, 3.8) is 0 Å². The summed E-state index contributed by atoms with van der Waals surface area (Å²) in [5, 5.41) is 13.9. The van der Waals surface area contributed by atoms with Crippen molar-refractivity contribution >= 4 is 6.16 Å². The minimum atomic E-state index is -1.83. The Morgan fingerprint density at radius 1 is 0.667 bits per heavy atom. The van der Waals surface area contributed by atoms with Gasteiger partial charge in [-0.25, -0.2) is 4.79 Å². The zero-order valence-electron chi connectivity index (χ0n) is 14.8. The van der Waals surface area contributed by atoms with Crippen LogP contribution < -0.4 is 0 Å². The Kier molecular flexibility index (Phi) is 106. The average molecular weight is 382 g/mol. The fraction of sp³-hybridized carbons (Fsp3) is 0.706. The zero-order valence-corrected chi connectivity index (χ0v) is 17.2. The summed E-state index contributed by atoms with van der Waals surface area (Å²) in [6, 6.07) is 0. The molecule has 0 aliphatic carbocycles. The summed E-state index contributed by atoms with van der Waals surface area (Å²) in [4.78, 5) is 8.56. The number of hydrogen-bond donors (Lipinski definition) is 2. The quantitative estimate of drug-likeness (QED) is 0.532. The third-order valence-corrected chi connectivity index (χ3v) is 1.41. The first-order chi connectivity index (χ1) is 9.39. The summed E-state index contributed by atoms with van der Waals surface area (Å²) < 4.78 is 0. The van der Waals surface area contributed by atoms with Crippen LogP contribution in [-0.4, -0.2) is 16.4 Å². The fourth-order valence-electron chi connectivity index (χ4n) is 0. The molecule has 0 heterocycles. The van der Waals surface area contributed by atoms with E-state index >= 15 is 0 Å². The van der Waals surface area contributed by atoms with Gasteiger partial charge in [0.15, 0.2) is 0 Å². The molecule has 0 rings (SSSR count). The van der Waals surface area contributed by atoms with E-state index in [9.17, 15) is 0 Å². The molecular formula is C17H38O3Zr. The molecule has 0 aromatic rings. The SMILES string of the molecule is O=C(O)O.[CH2-]CCC.[CH2-]CCC.[CH2-]CCC.[CH2-]CCC.[Zr+4]. The van der Waals surface area contributed by atoms with E-state index in [1.54, 1.807) is 0 Å². The van der Waals surface area contributed by atoms with Gasteiger partial charge in [0, 0.05) is 0 Å². The maximum absolute atomic E-state index is 8.56. The van der Waals surface area contributed by atoms with Crippen LogP contribution in [0.2, 0.25) is 0 Å². The van der Waals surface area contributed by atoms with E-state index in [0.29, 0.717) is 0 Å². The second-order valence-electron chi connectivity index (χ2n) is 3.70. The number of rotatable bonds is 4. The Balaban J connectivity index is -0.0000000331. The molecule has 0 aromatic heterocycles. The van der Waals surface area contributed by atoms with Gasteiger partial charge in [0.1, 0.15) is 0 Å². The summed E-state index contributed by atoms with van der Waals surface area (Å²) in [7, 11) is 0. The van der Waals surface area contributed by atoms with E-state index < -0.39 is 6.16 Å². The van der Waals surface area contributed by atoms with Gasteiger partial charge in [-0.1, -0.05) is 53.4 Å². The first-order valence-electron chi connectivity index (χ1n) is 7.48. The van der Waals surface area contributed by atoms with Crippen LogP contribution in [0.15, 0.2) is 0 Å². The second kappa shape index (κ2) is 59.4. The predicted molar refractivity (Wildman–Crippen MR) is 91.7 cm³/mol. The molecule has 4 heteroatoms. The van der Waals surface area contributed by atoms with E-state index in [-0.39, 0.29) is 26.2 Å². The maximum Gasteiger partial charge on any atom is 4.00 e. The topological polar surface area (TPSA) is 57.5 Å². The van der Waals surface area contributed by atoms with Gasteiger partial charge < -0.3 is 37.9 Å². The Morgan fingerprint density at radius 2 is 0.714 bits per heavy atom. The van der Waals surface area contributed by atoms with E-state index in [4.69, 9.17) is 15.0 Å². The van der Waals surface area contributed by atoms with Crippen molar-refractivity contribution in [1.82, 2.24) is 0 Å². The van der Waals surface area contributed by atoms with Gasteiger partial charge in [-0.15, -0.1) is 0 Å². The molecule has 0 saturated carbocycles. The molecule has 0 atom stereocenters. The van der Waals surface area contributed by atoms with Gasteiger partial charge in [-0.2, -0.15) is 25.7 Å². The Bertz CT molecular complexity index is 92.6. The van der Waals surface area contributed by atoms with Crippen molar-refractivity contribution in [3.8, 4) is 0 Å². The smallest absolute Gasteiger partial charge is 0.450 e. The van der Waals surface area contributed by atoms with Crippen molar-refractivity contribution in [1.29, 1.82) is 0 Å². The van der Waals surface area contributed by atoms with Gasteiger partial charge in [0.2, 0.25) is 0 Å². The average Bonchev–Trinajstić information content (AvgIpc) is 2.47. The molecular weight excluding hydrogens is 343 g/mol. The van der Waals surface area contributed by atoms with Crippen molar-refractivity contribution in [2.24, 2.45) is 0 Å². The minimum Gasteiger partial charge on any atom is -0.450 e. The van der Waals surface area contributed by atoms with Gasteiger partial charge in [0.25, 0.3) is 0 Å². The summed E-state index contributed by atoms with van der Waals surface area (Å²) in [6.45, 7) is 22.9. The van der Waals surface area contributed by atoms with Crippen LogP contribution in [0.25, 0.3) is 0 Å². The summed E-state index contributed by atoms with van der Waals surface area (Å²) in [6.07, 6.45) is 7.28. The third-order valence-electron chi connectivity index (χ3n) is 1.41. The van der Waals surface area contributed by atoms with Crippen molar-refractivity contribution < 1.29 is 41.2 Å². The van der Waals surface area contributed by atoms with Crippen LogP contribution in [-0.2, 0) is 26.2 Å². The number of unbranched alkanes of at least 4 members (excludes halogenated alkanes) is 4. The fourth-order valence-corrected chi connectivity index (χ4v) is 0. The van der Waals surface area contributed by atoms with Crippen molar-refractivity contribution in [2.45, 2.75) is 79.1 Å². The zero-order chi connectivity index (χ0) is 17.2. The molecule has 0 aliphatic rings. The van der Waals surface area contributed by atoms with E-state index in [0.717, 1.165) is 25.7 Å². The normalized spacial score (nSPS) is 6.86. The molecule has 0 radical (unpaired) electrons. The largest absolute Gasteiger partial charge is 4.00 e. The van der Waals surface area contributed by atoms with Crippen LogP contribution in [0.5, 0.6) is 0 Å². The number of carboxylic acid groups (broad SMARTS) is 2. The van der Waals surface area contributed by atoms with E-state index in [1.165, 1.54) is 25.7 Å². The Hall–Kier alpha value is 0.153. The summed E-state index contributed by atoms with van der Waals surface area (Å²) in [5.41, 5.74) is 0. The van der Waals surface area contributed by atoms with Gasteiger partial charge in [-0.3, -0.25) is 0 Å². The molecule has 0 fully saturated rings. The van der Waals surface area contributed by atoms with Crippen LogP contribution in [0.3, 0.4) is 0 Å². The molecule has 0 aromatic carbocycles. The van der Waals surface area contributed by atoms with Crippen LogP contribution in [0, 0.1) is 27.7 Å². The molecule has 0 amide bonds. The molecule has 128 valence electrons. The number of carbonyl (C=O) groups is 1. The standard InChI is InChI=1S/4C4H9.CH2O3.Zr/c4*1-3-4-2;2-1(3)4;/h4*1,3-4H2,2H3;(H2,2,3,4);/q4*-1;;+4. The van der Waals surface area contributed by atoms with Gasteiger partial charge >= 0.3 is 32.4 Å². The summed E-state index contributed by atoms with van der Waals surface area (Å²) in [5.74, 6) is 0. The van der Waals surface area contributed by atoms with Crippen molar-refractivity contribution in [3.05, 3.63) is 27.7 Å². The monoisotopic (exact) mass is 380 g/mol. The third kappa shape index (κ3) is 385. The van der Waals surface area contributed by atoms with E-state index in [1.807, 2.05) is 0 Å². The molecule has 0 saturated heterocycles. The molecule has 3 nitrogen and oxygen atoms in total.